The Bertz CT molecular complexity index is 1020. The van der Waals surface area contributed by atoms with Gasteiger partial charge in [0, 0.05) is 36.9 Å². The molecule has 1 aliphatic heterocycles. The first-order valence-corrected chi connectivity index (χ1v) is 11.7. The molecule has 0 spiro atoms. The second-order valence-corrected chi connectivity index (χ2v) is 10.0. The number of aliphatic carboxylic acids is 1. The lowest BCUT2D eigenvalue weighted by molar-refractivity contribution is -0.155. The molecule has 0 saturated carbocycles. The molecule has 2 atom stereocenters. The quantitative estimate of drug-likeness (QED) is 0.540. The van der Waals surface area contributed by atoms with Crippen LogP contribution in [-0.4, -0.2) is 45.6 Å². The average molecular weight is 479 g/mol. The van der Waals surface area contributed by atoms with Crippen molar-refractivity contribution >= 4 is 17.3 Å². The lowest BCUT2D eigenvalue weighted by Crippen LogP contribution is -2.51. The molecule has 1 fully saturated rings. The summed E-state index contributed by atoms with van der Waals surface area (Å²) < 4.78 is 30.1. The minimum absolute atomic E-state index is 0.213. The van der Waals surface area contributed by atoms with E-state index >= 15 is 0 Å². The number of hydrogen-bond donors (Lipinski definition) is 1. The maximum Gasteiger partial charge on any atom is 0.388 e. The number of ether oxygens (including phenoxy) is 1. The Morgan fingerprint density at radius 3 is 2.79 bits per heavy atom. The summed E-state index contributed by atoms with van der Waals surface area (Å²) in [5.41, 5.74) is -0.334. The summed E-state index contributed by atoms with van der Waals surface area (Å²) in [4.78, 5) is 23.5. The van der Waals surface area contributed by atoms with Crippen LogP contribution in [0.3, 0.4) is 0 Å². The van der Waals surface area contributed by atoms with Crippen LogP contribution in [-0.2, 0) is 11.3 Å². The molecule has 3 heterocycles. The highest BCUT2D eigenvalue weighted by atomic mass is 32.1. The van der Waals surface area contributed by atoms with Crippen LogP contribution < -0.4 is 4.74 Å². The van der Waals surface area contributed by atoms with Crippen LogP contribution >= 0.6 is 11.3 Å². The van der Waals surface area contributed by atoms with E-state index in [0.717, 1.165) is 17.8 Å². The first-order chi connectivity index (χ1) is 15.7. The number of rotatable bonds is 9. The van der Waals surface area contributed by atoms with Crippen molar-refractivity contribution in [2.45, 2.75) is 53.2 Å². The Morgan fingerprint density at radius 1 is 1.42 bits per heavy atom. The Balaban J connectivity index is 1.86. The fourth-order valence-electron chi connectivity index (χ4n) is 4.51. The average Bonchev–Trinajstić information content (AvgIpc) is 3.21. The normalized spacial score (nSPS) is 21.3. The van der Waals surface area contributed by atoms with Gasteiger partial charge in [-0.05, 0) is 30.7 Å². The summed E-state index contributed by atoms with van der Waals surface area (Å²) >= 11 is 1.30. The molecule has 33 heavy (non-hydrogen) atoms. The van der Waals surface area contributed by atoms with Crippen molar-refractivity contribution in [3.8, 4) is 22.5 Å². The number of hydrogen-bond acceptors (Lipinski definition) is 7. The van der Waals surface area contributed by atoms with Gasteiger partial charge in [-0.2, -0.15) is 14.0 Å². The van der Waals surface area contributed by atoms with E-state index in [1.807, 2.05) is 13.0 Å². The van der Waals surface area contributed by atoms with Gasteiger partial charge in [0.1, 0.15) is 11.1 Å². The van der Waals surface area contributed by atoms with Gasteiger partial charge in [0.25, 0.3) is 0 Å². The standard InChI is InChI=1S/C23H28F2N4O3S/c1-4-5-23(21(30)31)7-16(14(2)3)11-29(13-23)12-17-10-28-20(33-17)18-6-15(8-26)9-27-19(18)32-22(24)25/h6,9-10,14,16,22H,4-5,7,11-13H2,1-3H3,(H,30,31)/t16-,23-/m1/s1. The highest BCUT2D eigenvalue weighted by Crippen LogP contribution is 2.41. The molecule has 3 rings (SSSR count). The summed E-state index contributed by atoms with van der Waals surface area (Å²) in [7, 11) is 0. The third-order valence-electron chi connectivity index (χ3n) is 6.14. The lowest BCUT2D eigenvalue weighted by Gasteiger charge is -2.45. The highest BCUT2D eigenvalue weighted by molar-refractivity contribution is 7.15. The molecule has 0 aliphatic carbocycles. The van der Waals surface area contributed by atoms with Crippen LogP contribution in [0.15, 0.2) is 18.5 Å². The Labute approximate surface area is 196 Å². The number of alkyl halides is 2. The summed E-state index contributed by atoms with van der Waals surface area (Å²) in [6.45, 7) is 4.95. The molecular weight excluding hydrogens is 450 g/mol. The molecule has 0 radical (unpaired) electrons. The van der Waals surface area contributed by atoms with Gasteiger partial charge in [0.2, 0.25) is 5.88 Å². The van der Waals surface area contributed by atoms with Gasteiger partial charge < -0.3 is 9.84 Å². The molecule has 7 nitrogen and oxygen atoms in total. The molecule has 0 bridgehead atoms. The molecule has 0 aromatic carbocycles. The first-order valence-electron chi connectivity index (χ1n) is 10.9. The largest absolute Gasteiger partial charge is 0.481 e. The van der Waals surface area contributed by atoms with Gasteiger partial charge in [-0.15, -0.1) is 11.3 Å². The molecule has 0 unspecified atom stereocenters. The van der Waals surface area contributed by atoms with Gasteiger partial charge >= 0.3 is 12.6 Å². The van der Waals surface area contributed by atoms with Crippen molar-refractivity contribution in [2.24, 2.45) is 17.3 Å². The number of thiazole rings is 1. The predicted molar refractivity (Wildman–Crippen MR) is 120 cm³/mol. The number of carboxylic acids is 1. The van der Waals surface area contributed by atoms with E-state index in [1.165, 1.54) is 23.6 Å². The van der Waals surface area contributed by atoms with Crippen molar-refractivity contribution < 1.29 is 23.4 Å². The molecule has 2 aromatic heterocycles. The second-order valence-electron chi connectivity index (χ2n) is 8.91. The fourth-order valence-corrected chi connectivity index (χ4v) is 5.48. The van der Waals surface area contributed by atoms with E-state index in [4.69, 9.17) is 5.26 Å². The Kier molecular flexibility index (Phi) is 7.97. The molecule has 1 saturated heterocycles. The van der Waals surface area contributed by atoms with Gasteiger partial charge in [0.05, 0.1) is 16.5 Å². The Hall–Kier alpha value is -2.64. The van der Waals surface area contributed by atoms with Crippen molar-refractivity contribution in [3.63, 3.8) is 0 Å². The summed E-state index contributed by atoms with van der Waals surface area (Å²) in [6, 6.07) is 3.37. The number of nitriles is 1. The number of carboxylic acid groups (broad SMARTS) is 1. The molecular formula is C23H28F2N4O3S. The molecule has 178 valence electrons. The second kappa shape index (κ2) is 10.5. The maximum atomic E-state index is 12.8. The summed E-state index contributed by atoms with van der Waals surface area (Å²) in [6.07, 6.45) is 4.92. The van der Waals surface area contributed by atoms with Crippen molar-refractivity contribution in [1.29, 1.82) is 5.26 Å². The Morgan fingerprint density at radius 2 is 2.18 bits per heavy atom. The van der Waals surface area contributed by atoms with Crippen LogP contribution in [0.4, 0.5) is 8.78 Å². The van der Waals surface area contributed by atoms with Crippen molar-refractivity contribution in [3.05, 3.63) is 28.9 Å². The lowest BCUT2D eigenvalue weighted by atomic mass is 9.70. The van der Waals surface area contributed by atoms with Crippen LogP contribution in [0.2, 0.25) is 0 Å². The number of likely N-dealkylation sites (tertiary alicyclic amines) is 1. The SMILES string of the molecule is CCC[C@@]1(C(=O)O)C[C@@H](C(C)C)CN(Cc2cnc(-c3cc(C#N)cnc3OC(F)F)s2)C1. The smallest absolute Gasteiger partial charge is 0.388 e. The topological polar surface area (TPSA) is 99.3 Å². The number of piperidine rings is 1. The van der Waals surface area contributed by atoms with E-state index in [1.54, 1.807) is 6.20 Å². The van der Waals surface area contributed by atoms with Gasteiger partial charge in [-0.25, -0.2) is 9.97 Å². The van der Waals surface area contributed by atoms with E-state index in [9.17, 15) is 18.7 Å². The van der Waals surface area contributed by atoms with Gasteiger partial charge in [-0.3, -0.25) is 9.69 Å². The number of pyridine rings is 1. The molecule has 0 amide bonds. The monoisotopic (exact) mass is 478 g/mol. The first kappa shape index (κ1) is 25.0. The van der Waals surface area contributed by atoms with Crippen LogP contribution in [0, 0.1) is 28.6 Å². The molecule has 10 heteroatoms. The van der Waals surface area contributed by atoms with Crippen LogP contribution in [0.5, 0.6) is 5.88 Å². The van der Waals surface area contributed by atoms with Gasteiger partial charge in [0.15, 0.2) is 0 Å². The van der Waals surface area contributed by atoms with Crippen molar-refractivity contribution in [2.75, 3.05) is 13.1 Å². The highest BCUT2D eigenvalue weighted by Gasteiger charge is 2.45. The predicted octanol–water partition coefficient (Wildman–Crippen LogP) is 5.03. The zero-order valence-electron chi connectivity index (χ0n) is 18.9. The summed E-state index contributed by atoms with van der Waals surface area (Å²) in [5, 5.41) is 19.6. The van der Waals surface area contributed by atoms with E-state index in [0.29, 0.717) is 36.9 Å². The number of carbonyl (C=O) groups is 1. The third kappa shape index (κ3) is 5.84. The van der Waals surface area contributed by atoms with Crippen LogP contribution in [0.1, 0.15) is 50.5 Å². The zero-order valence-corrected chi connectivity index (χ0v) is 19.7. The molecule has 1 N–H and O–H groups in total. The molecule has 1 aliphatic rings. The van der Waals surface area contributed by atoms with E-state index < -0.39 is 18.0 Å². The van der Waals surface area contributed by atoms with Crippen LogP contribution in [0.25, 0.3) is 10.6 Å². The van der Waals surface area contributed by atoms with E-state index in [2.05, 4.69) is 33.5 Å². The van der Waals surface area contributed by atoms with Crippen molar-refractivity contribution in [1.82, 2.24) is 14.9 Å². The maximum absolute atomic E-state index is 12.8. The minimum atomic E-state index is -3.05. The summed E-state index contributed by atoms with van der Waals surface area (Å²) in [5.74, 6) is -0.418. The number of aromatic nitrogens is 2. The van der Waals surface area contributed by atoms with Gasteiger partial charge in [-0.1, -0.05) is 27.2 Å². The minimum Gasteiger partial charge on any atom is -0.481 e. The fraction of sp³-hybridized carbons (Fsp3) is 0.565. The van der Waals surface area contributed by atoms with E-state index in [-0.39, 0.29) is 22.9 Å². The molecule has 2 aromatic rings. The number of halogens is 2. The zero-order chi connectivity index (χ0) is 24.2. The third-order valence-corrected chi connectivity index (χ3v) is 7.16. The number of nitrogens with zero attached hydrogens (tertiary/aromatic N) is 4.